The number of fused-ring (bicyclic) bond motifs is 1. The zero-order chi connectivity index (χ0) is 26.3. The predicted octanol–water partition coefficient (Wildman–Crippen LogP) is 5.05. The normalized spacial score (nSPS) is 11.9. The molecule has 3 aromatic rings. The van der Waals surface area contributed by atoms with Gasteiger partial charge in [0, 0.05) is 11.8 Å². The van der Waals surface area contributed by atoms with Crippen LogP contribution in [0.3, 0.4) is 0 Å². The summed E-state index contributed by atoms with van der Waals surface area (Å²) in [6.45, 7) is 9.69. The first-order valence-electron chi connectivity index (χ1n) is 10.4. The van der Waals surface area contributed by atoms with Crippen LogP contribution in [0.5, 0.6) is 0 Å². The van der Waals surface area contributed by atoms with Gasteiger partial charge in [0.15, 0.2) is 5.65 Å². The lowest BCUT2D eigenvalue weighted by atomic mass is 10.0. The molecular formula is C23H24F2N4O6. The van der Waals surface area contributed by atoms with Crippen LogP contribution >= 0.6 is 0 Å². The zero-order valence-electron chi connectivity index (χ0n) is 19.9. The molecule has 2 amide bonds. The van der Waals surface area contributed by atoms with Gasteiger partial charge in [-0.2, -0.15) is 4.98 Å². The lowest BCUT2D eigenvalue weighted by molar-refractivity contribution is 0.0426. The molecule has 0 saturated carbocycles. The number of carboxylic acids is 1. The highest BCUT2D eigenvalue weighted by molar-refractivity contribution is 6.08. The number of anilines is 1. The Morgan fingerprint density at radius 3 is 2.06 bits per heavy atom. The highest BCUT2D eigenvalue weighted by Crippen LogP contribution is 2.28. The van der Waals surface area contributed by atoms with Crippen LogP contribution < -0.4 is 4.90 Å². The number of aromatic carboxylic acids is 1. The molecule has 0 spiro atoms. The monoisotopic (exact) mass is 490 g/mol. The SMILES string of the molecule is CC(C)(C)OC(=O)N(C(=O)OC(C)(C)C)c1nc2cc(-c3ccc(F)c(C(=O)O)c3F)ccn2n1. The number of benzene rings is 1. The number of carbonyl (C=O) groups is 3. The van der Waals surface area contributed by atoms with Gasteiger partial charge in [0.2, 0.25) is 0 Å². The number of carbonyl (C=O) groups excluding carboxylic acids is 2. The summed E-state index contributed by atoms with van der Waals surface area (Å²) in [6, 6.07) is 4.65. The van der Waals surface area contributed by atoms with Crippen molar-refractivity contribution < 1.29 is 37.7 Å². The van der Waals surface area contributed by atoms with Gasteiger partial charge in [0.1, 0.15) is 28.4 Å². The number of aromatic nitrogens is 3. The Balaban J connectivity index is 2.08. The summed E-state index contributed by atoms with van der Waals surface area (Å²) < 4.78 is 40.3. The molecular weight excluding hydrogens is 466 g/mol. The number of rotatable bonds is 3. The summed E-state index contributed by atoms with van der Waals surface area (Å²) >= 11 is 0. The maximum atomic E-state index is 14.7. The summed E-state index contributed by atoms with van der Waals surface area (Å²) in [5.41, 5.74) is -2.91. The van der Waals surface area contributed by atoms with Crippen LogP contribution in [0, 0.1) is 11.6 Å². The summed E-state index contributed by atoms with van der Waals surface area (Å²) in [5, 5.41) is 13.2. The molecule has 0 fully saturated rings. The molecule has 0 saturated heterocycles. The molecule has 12 heteroatoms. The predicted molar refractivity (Wildman–Crippen MR) is 120 cm³/mol. The van der Waals surface area contributed by atoms with Crippen molar-refractivity contribution in [3.8, 4) is 11.1 Å². The van der Waals surface area contributed by atoms with E-state index >= 15 is 0 Å². The Bertz CT molecular complexity index is 1300. The second-order valence-corrected chi connectivity index (χ2v) is 9.52. The second-order valence-electron chi connectivity index (χ2n) is 9.52. The molecule has 10 nitrogen and oxygen atoms in total. The first kappa shape index (κ1) is 25.5. The Kier molecular flexibility index (Phi) is 6.51. The summed E-state index contributed by atoms with van der Waals surface area (Å²) in [5.74, 6) is -4.59. The van der Waals surface area contributed by atoms with E-state index in [4.69, 9.17) is 14.6 Å². The van der Waals surface area contributed by atoms with E-state index in [1.165, 1.54) is 22.8 Å². The average molecular weight is 490 g/mol. The average Bonchev–Trinajstić information content (AvgIpc) is 3.07. The molecule has 0 radical (unpaired) electrons. The minimum absolute atomic E-state index is 0.0789. The first-order chi connectivity index (χ1) is 16.1. The van der Waals surface area contributed by atoms with Crippen LogP contribution in [-0.2, 0) is 9.47 Å². The molecule has 35 heavy (non-hydrogen) atoms. The van der Waals surface area contributed by atoms with E-state index in [-0.39, 0.29) is 22.7 Å². The molecule has 1 aromatic carbocycles. The number of hydrogen-bond donors (Lipinski definition) is 1. The van der Waals surface area contributed by atoms with Crippen LogP contribution in [0.25, 0.3) is 16.8 Å². The van der Waals surface area contributed by atoms with E-state index in [2.05, 4.69) is 10.1 Å². The fourth-order valence-electron chi connectivity index (χ4n) is 2.96. The zero-order valence-corrected chi connectivity index (χ0v) is 19.9. The van der Waals surface area contributed by atoms with Crippen LogP contribution in [0.2, 0.25) is 0 Å². The number of carboxylic acid groups (broad SMARTS) is 1. The van der Waals surface area contributed by atoms with Gasteiger partial charge in [-0.25, -0.2) is 27.7 Å². The van der Waals surface area contributed by atoms with Crippen molar-refractivity contribution in [3.05, 3.63) is 47.7 Å². The molecule has 2 heterocycles. The van der Waals surface area contributed by atoms with Crippen LogP contribution in [0.1, 0.15) is 51.9 Å². The summed E-state index contributed by atoms with van der Waals surface area (Å²) in [6.07, 6.45) is -0.788. The second kappa shape index (κ2) is 8.93. The van der Waals surface area contributed by atoms with Crippen molar-refractivity contribution in [3.63, 3.8) is 0 Å². The Hall–Kier alpha value is -4.09. The molecule has 0 aliphatic rings. The minimum Gasteiger partial charge on any atom is -0.477 e. The molecule has 1 N–H and O–H groups in total. The van der Waals surface area contributed by atoms with Gasteiger partial charge in [-0.15, -0.1) is 10.00 Å². The van der Waals surface area contributed by atoms with Crippen molar-refractivity contribution in [1.82, 2.24) is 14.6 Å². The molecule has 0 unspecified atom stereocenters. The van der Waals surface area contributed by atoms with Crippen LogP contribution in [-0.4, -0.2) is 49.1 Å². The van der Waals surface area contributed by atoms with Gasteiger partial charge in [0.05, 0.1) is 0 Å². The topological polar surface area (TPSA) is 123 Å². The Morgan fingerprint density at radius 1 is 0.971 bits per heavy atom. The third-order valence-electron chi connectivity index (χ3n) is 4.29. The highest BCUT2D eigenvalue weighted by Gasteiger charge is 2.35. The van der Waals surface area contributed by atoms with E-state index in [1.54, 1.807) is 41.5 Å². The fourth-order valence-corrected chi connectivity index (χ4v) is 2.96. The van der Waals surface area contributed by atoms with Gasteiger partial charge in [-0.05, 0) is 71.4 Å². The number of hydrogen-bond acceptors (Lipinski definition) is 7. The number of imide groups is 1. The number of halogens is 2. The quantitative estimate of drug-likeness (QED) is 0.541. The lowest BCUT2D eigenvalue weighted by Crippen LogP contribution is -2.44. The highest BCUT2D eigenvalue weighted by atomic mass is 19.1. The van der Waals surface area contributed by atoms with Crippen LogP contribution in [0.4, 0.5) is 24.3 Å². The van der Waals surface area contributed by atoms with E-state index < -0.39 is 46.6 Å². The van der Waals surface area contributed by atoms with E-state index in [1.807, 2.05) is 0 Å². The Morgan fingerprint density at radius 2 is 1.54 bits per heavy atom. The maximum Gasteiger partial charge on any atom is 0.427 e. The van der Waals surface area contributed by atoms with E-state index in [0.717, 1.165) is 12.1 Å². The molecule has 186 valence electrons. The molecule has 0 aliphatic carbocycles. The fraction of sp³-hybridized carbons (Fsp3) is 0.348. The van der Waals surface area contributed by atoms with Gasteiger partial charge in [-0.1, -0.05) is 0 Å². The molecule has 3 rings (SSSR count). The smallest absolute Gasteiger partial charge is 0.427 e. The van der Waals surface area contributed by atoms with Gasteiger partial charge in [0.25, 0.3) is 5.95 Å². The number of nitrogens with zero attached hydrogens (tertiary/aromatic N) is 4. The number of pyridine rings is 1. The largest absolute Gasteiger partial charge is 0.477 e. The van der Waals surface area contributed by atoms with Crippen molar-refractivity contribution >= 4 is 29.8 Å². The molecule has 0 aliphatic heterocycles. The standard InChI is InChI=1S/C23H24F2N4O6/c1-22(2,3)34-20(32)29(21(33)35-23(4,5)6)19-26-15-11-12(9-10-28(15)27-19)13-7-8-14(24)16(17(13)25)18(30)31/h7-11H,1-6H3,(H,30,31). The van der Waals surface area contributed by atoms with Gasteiger partial charge >= 0.3 is 18.2 Å². The third-order valence-corrected chi connectivity index (χ3v) is 4.29. The van der Waals surface area contributed by atoms with Crippen molar-refractivity contribution in [2.45, 2.75) is 52.7 Å². The molecule has 0 atom stereocenters. The van der Waals surface area contributed by atoms with Crippen LogP contribution in [0.15, 0.2) is 30.5 Å². The number of ether oxygens (including phenoxy) is 2. The van der Waals surface area contributed by atoms with E-state index in [0.29, 0.717) is 4.90 Å². The Labute approximate surface area is 199 Å². The summed E-state index contributed by atoms with van der Waals surface area (Å²) in [4.78, 5) is 41.5. The lowest BCUT2D eigenvalue weighted by Gasteiger charge is -2.26. The first-order valence-corrected chi connectivity index (χ1v) is 10.4. The van der Waals surface area contributed by atoms with E-state index in [9.17, 15) is 23.2 Å². The van der Waals surface area contributed by atoms with Gasteiger partial charge in [-0.3, -0.25) is 0 Å². The number of amides is 2. The third kappa shape index (κ3) is 5.70. The molecule has 2 aromatic heterocycles. The summed E-state index contributed by atoms with van der Waals surface area (Å²) in [7, 11) is 0. The van der Waals surface area contributed by atoms with Crippen molar-refractivity contribution in [2.24, 2.45) is 0 Å². The van der Waals surface area contributed by atoms with Crippen molar-refractivity contribution in [1.29, 1.82) is 0 Å². The van der Waals surface area contributed by atoms with Crippen molar-refractivity contribution in [2.75, 3.05) is 4.90 Å². The molecule has 0 bridgehead atoms. The minimum atomic E-state index is -1.75. The van der Waals surface area contributed by atoms with Gasteiger partial charge < -0.3 is 14.6 Å². The maximum absolute atomic E-state index is 14.7.